The van der Waals surface area contributed by atoms with Gasteiger partial charge >= 0.3 is 0 Å². The minimum atomic E-state index is 0.510. The molecular weight excluding hydrogens is 272 g/mol. The minimum Gasteiger partial charge on any atom is -0.490 e. The van der Waals surface area contributed by atoms with Gasteiger partial charge in [-0.05, 0) is 29.8 Å². The van der Waals surface area contributed by atoms with Crippen LogP contribution in [0.1, 0.15) is 5.56 Å². The number of hydrogen-bond donors (Lipinski definition) is 0. The number of allylic oxidation sites excluding steroid dienone is 1. The smallest absolute Gasteiger partial charge is 0.120 e. The van der Waals surface area contributed by atoms with Crippen molar-refractivity contribution < 1.29 is 9.47 Å². The van der Waals surface area contributed by atoms with Crippen LogP contribution in [0.25, 0.3) is 0 Å². The molecule has 0 atom stereocenters. The topological polar surface area (TPSA) is 18.5 Å². The molecule has 2 nitrogen and oxygen atoms in total. The van der Waals surface area contributed by atoms with Crippen molar-refractivity contribution in [3.63, 3.8) is 0 Å². The molecule has 0 unspecified atom stereocenters. The summed E-state index contributed by atoms with van der Waals surface area (Å²) >= 11 is 5.53. The molecule has 0 aliphatic rings. The fraction of sp³-hybridized carbons (Fsp3) is 0.176. The maximum absolute atomic E-state index is 5.70. The largest absolute Gasteiger partial charge is 0.490 e. The molecule has 0 saturated heterocycles. The molecule has 0 aliphatic carbocycles. The molecule has 0 aliphatic heterocycles. The molecule has 0 fully saturated rings. The Balaban J connectivity index is 1.81. The zero-order chi connectivity index (χ0) is 14.0. The lowest BCUT2D eigenvalue weighted by Crippen LogP contribution is -1.96. The first kappa shape index (κ1) is 14.5. The van der Waals surface area contributed by atoms with Gasteiger partial charge in [-0.25, -0.2) is 0 Å². The van der Waals surface area contributed by atoms with E-state index in [0.717, 1.165) is 17.1 Å². The number of hydrogen-bond acceptors (Lipinski definition) is 2. The van der Waals surface area contributed by atoms with E-state index in [9.17, 15) is 0 Å². The third-order valence-electron chi connectivity index (χ3n) is 2.67. The summed E-state index contributed by atoms with van der Waals surface area (Å²) in [6, 6.07) is 17.7. The van der Waals surface area contributed by atoms with Crippen molar-refractivity contribution in [1.82, 2.24) is 0 Å². The van der Waals surface area contributed by atoms with Gasteiger partial charge in [-0.2, -0.15) is 0 Å². The van der Waals surface area contributed by atoms with Crippen LogP contribution in [-0.4, -0.2) is 12.5 Å². The molecule has 104 valence electrons. The van der Waals surface area contributed by atoms with Crippen LogP contribution in [-0.2, 0) is 6.61 Å². The minimum absolute atomic E-state index is 0.510. The summed E-state index contributed by atoms with van der Waals surface area (Å²) in [5.74, 6) is 2.16. The SMILES string of the molecule is ClCC=CCOc1ccc(OCc2ccccc2)cc1. The number of rotatable bonds is 7. The lowest BCUT2D eigenvalue weighted by atomic mass is 10.2. The van der Waals surface area contributed by atoms with Gasteiger partial charge in [0.15, 0.2) is 0 Å². The molecule has 3 heteroatoms. The first-order valence-corrected chi connectivity index (χ1v) is 7.02. The predicted octanol–water partition coefficient (Wildman–Crippen LogP) is 4.44. The molecule has 0 saturated carbocycles. The van der Waals surface area contributed by atoms with Crippen molar-refractivity contribution in [2.24, 2.45) is 0 Å². The van der Waals surface area contributed by atoms with Crippen LogP contribution in [0.4, 0.5) is 0 Å². The fourth-order valence-corrected chi connectivity index (χ4v) is 1.77. The molecule has 2 aromatic rings. The number of alkyl halides is 1. The zero-order valence-electron chi connectivity index (χ0n) is 11.2. The summed E-state index contributed by atoms with van der Waals surface area (Å²) < 4.78 is 11.2. The standard InChI is InChI=1S/C17H17ClO2/c18-12-4-5-13-19-16-8-10-17(11-9-16)20-14-15-6-2-1-3-7-15/h1-11H,12-14H2. The second kappa shape index (κ2) is 8.28. The summed E-state index contributed by atoms with van der Waals surface area (Å²) in [4.78, 5) is 0. The second-order valence-corrected chi connectivity index (χ2v) is 4.49. The molecule has 0 aromatic heterocycles. The van der Waals surface area contributed by atoms with Gasteiger partial charge in [-0.15, -0.1) is 11.6 Å². The molecule has 0 bridgehead atoms. The highest BCUT2D eigenvalue weighted by Gasteiger charge is 1.97. The van der Waals surface area contributed by atoms with Crippen LogP contribution < -0.4 is 9.47 Å². The van der Waals surface area contributed by atoms with Crippen molar-refractivity contribution in [2.45, 2.75) is 6.61 Å². The van der Waals surface area contributed by atoms with Crippen molar-refractivity contribution in [1.29, 1.82) is 0 Å². The number of benzene rings is 2. The highest BCUT2D eigenvalue weighted by Crippen LogP contribution is 2.18. The van der Waals surface area contributed by atoms with Crippen LogP contribution in [0, 0.1) is 0 Å². The molecule has 0 spiro atoms. The Labute approximate surface area is 124 Å². The Morgan fingerprint density at radius 3 is 2.10 bits per heavy atom. The molecule has 0 heterocycles. The monoisotopic (exact) mass is 288 g/mol. The van der Waals surface area contributed by atoms with Crippen LogP contribution in [0.3, 0.4) is 0 Å². The molecule has 2 rings (SSSR count). The van der Waals surface area contributed by atoms with Gasteiger partial charge < -0.3 is 9.47 Å². The maximum atomic E-state index is 5.70. The number of halogens is 1. The van der Waals surface area contributed by atoms with E-state index in [2.05, 4.69) is 0 Å². The van der Waals surface area contributed by atoms with E-state index in [1.165, 1.54) is 0 Å². The maximum Gasteiger partial charge on any atom is 0.120 e. The van der Waals surface area contributed by atoms with Gasteiger partial charge in [-0.3, -0.25) is 0 Å². The average molecular weight is 289 g/mol. The van der Waals surface area contributed by atoms with Crippen LogP contribution in [0.15, 0.2) is 66.7 Å². The van der Waals surface area contributed by atoms with E-state index in [0.29, 0.717) is 19.1 Å². The van der Waals surface area contributed by atoms with Crippen LogP contribution in [0.2, 0.25) is 0 Å². The van der Waals surface area contributed by atoms with Crippen molar-refractivity contribution in [3.8, 4) is 11.5 Å². The summed E-state index contributed by atoms with van der Waals surface area (Å²) in [6.45, 7) is 1.09. The van der Waals surface area contributed by atoms with E-state index in [1.54, 1.807) is 0 Å². The van der Waals surface area contributed by atoms with E-state index in [1.807, 2.05) is 66.7 Å². The average Bonchev–Trinajstić information content (AvgIpc) is 2.52. The van der Waals surface area contributed by atoms with Gasteiger partial charge in [0, 0.05) is 5.88 Å². The normalized spacial score (nSPS) is 10.7. The van der Waals surface area contributed by atoms with E-state index in [-0.39, 0.29) is 0 Å². The first-order valence-electron chi connectivity index (χ1n) is 6.49. The van der Waals surface area contributed by atoms with Crippen molar-refractivity contribution in [2.75, 3.05) is 12.5 Å². The molecule has 2 aromatic carbocycles. The van der Waals surface area contributed by atoms with E-state index in [4.69, 9.17) is 21.1 Å². The third-order valence-corrected chi connectivity index (χ3v) is 2.85. The summed E-state index contributed by atoms with van der Waals surface area (Å²) in [7, 11) is 0. The zero-order valence-corrected chi connectivity index (χ0v) is 11.9. The Bertz CT molecular complexity index is 520. The Hall–Kier alpha value is -1.93. The van der Waals surface area contributed by atoms with Gasteiger partial charge in [0.25, 0.3) is 0 Å². The Morgan fingerprint density at radius 1 is 0.800 bits per heavy atom. The van der Waals surface area contributed by atoms with Crippen LogP contribution in [0.5, 0.6) is 11.5 Å². The van der Waals surface area contributed by atoms with E-state index >= 15 is 0 Å². The first-order chi connectivity index (χ1) is 9.88. The second-order valence-electron chi connectivity index (χ2n) is 4.18. The lowest BCUT2D eigenvalue weighted by Gasteiger charge is -2.07. The van der Waals surface area contributed by atoms with Gasteiger partial charge in [0.05, 0.1) is 0 Å². The van der Waals surface area contributed by atoms with E-state index < -0.39 is 0 Å². The lowest BCUT2D eigenvalue weighted by molar-refractivity contribution is 0.305. The molecule has 0 N–H and O–H groups in total. The summed E-state index contributed by atoms with van der Waals surface area (Å²) in [5, 5.41) is 0. The highest BCUT2D eigenvalue weighted by atomic mass is 35.5. The van der Waals surface area contributed by atoms with Gasteiger partial charge in [0.1, 0.15) is 24.7 Å². The summed E-state index contributed by atoms with van der Waals surface area (Å²) in [6.07, 6.45) is 3.76. The Kier molecular flexibility index (Phi) is 6.00. The molecule has 0 radical (unpaired) electrons. The fourth-order valence-electron chi connectivity index (χ4n) is 1.65. The Morgan fingerprint density at radius 2 is 1.45 bits per heavy atom. The van der Waals surface area contributed by atoms with Crippen LogP contribution >= 0.6 is 11.6 Å². The highest BCUT2D eigenvalue weighted by molar-refractivity contribution is 6.18. The van der Waals surface area contributed by atoms with Gasteiger partial charge in [0.2, 0.25) is 0 Å². The van der Waals surface area contributed by atoms with Crippen molar-refractivity contribution >= 4 is 11.6 Å². The molecule has 0 amide bonds. The van der Waals surface area contributed by atoms with Gasteiger partial charge in [-0.1, -0.05) is 42.5 Å². The molecule has 20 heavy (non-hydrogen) atoms. The van der Waals surface area contributed by atoms with Crippen molar-refractivity contribution in [3.05, 3.63) is 72.3 Å². The molecular formula is C17H17ClO2. The third kappa shape index (κ3) is 4.98. The number of ether oxygens (including phenoxy) is 2. The summed E-state index contributed by atoms with van der Waals surface area (Å²) in [5.41, 5.74) is 1.15. The quantitative estimate of drug-likeness (QED) is 0.554. The predicted molar refractivity (Wildman–Crippen MR) is 82.6 cm³/mol.